The smallest absolute Gasteiger partial charge is 0.231 e. The molecule has 4 heterocycles. The number of benzene rings is 1. The molecule has 1 amide bonds. The molecule has 3 fully saturated rings. The van der Waals surface area contributed by atoms with Crippen LogP contribution in [0.2, 0.25) is 5.02 Å². The van der Waals surface area contributed by atoms with Gasteiger partial charge in [-0.05, 0) is 43.7 Å². The predicted octanol–water partition coefficient (Wildman–Crippen LogP) is 2.31. The summed E-state index contributed by atoms with van der Waals surface area (Å²) in [6, 6.07) is 6.05. The number of anilines is 1. The Labute approximate surface area is 175 Å². The van der Waals surface area contributed by atoms with Crippen molar-refractivity contribution in [3.8, 4) is 5.69 Å². The SMILES string of the molecule is CN1Cc2cc(Cl)ccc2-n2c(nnc2N2CC3(CN(C(=O)C4CCC4)C3)C2)C1. The summed E-state index contributed by atoms with van der Waals surface area (Å²) in [5, 5.41) is 9.80. The Hall–Kier alpha value is -2.12. The summed E-state index contributed by atoms with van der Waals surface area (Å²) < 4.78 is 2.19. The average molecular weight is 413 g/mol. The lowest BCUT2D eigenvalue weighted by Gasteiger charge is -2.60. The Balaban J connectivity index is 1.22. The van der Waals surface area contributed by atoms with Crippen molar-refractivity contribution >= 4 is 23.5 Å². The first-order valence-corrected chi connectivity index (χ1v) is 10.8. The van der Waals surface area contributed by atoms with E-state index in [1.54, 1.807) is 0 Å². The van der Waals surface area contributed by atoms with Gasteiger partial charge in [0.05, 0.1) is 12.2 Å². The van der Waals surface area contributed by atoms with Crippen LogP contribution in [0.5, 0.6) is 0 Å². The van der Waals surface area contributed by atoms with Crippen LogP contribution in [-0.4, -0.2) is 63.7 Å². The van der Waals surface area contributed by atoms with E-state index in [1.165, 1.54) is 12.0 Å². The van der Waals surface area contributed by atoms with Crippen LogP contribution in [0.25, 0.3) is 5.69 Å². The number of hydrogen-bond donors (Lipinski definition) is 0. The number of nitrogens with zero attached hydrogens (tertiary/aromatic N) is 6. The largest absolute Gasteiger partial charge is 0.341 e. The molecule has 4 aliphatic rings. The molecular weight excluding hydrogens is 388 g/mol. The number of aromatic nitrogens is 3. The predicted molar refractivity (Wildman–Crippen MR) is 110 cm³/mol. The van der Waals surface area contributed by atoms with E-state index in [0.29, 0.717) is 11.8 Å². The van der Waals surface area contributed by atoms with Crippen LogP contribution in [0.3, 0.4) is 0 Å². The first-order valence-electron chi connectivity index (χ1n) is 10.5. The lowest BCUT2D eigenvalue weighted by molar-refractivity contribution is -0.152. The van der Waals surface area contributed by atoms with Crippen molar-refractivity contribution in [3.63, 3.8) is 0 Å². The molecule has 29 heavy (non-hydrogen) atoms. The van der Waals surface area contributed by atoms with Gasteiger partial charge < -0.3 is 9.80 Å². The molecule has 0 atom stereocenters. The summed E-state index contributed by atoms with van der Waals surface area (Å²) in [7, 11) is 2.09. The second-order valence-electron chi connectivity index (χ2n) is 9.38. The second kappa shape index (κ2) is 6.19. The van der Waals surface area contributed by atoms with Crippen molar-refractivity contribution in [1.29, 1.82) is 0 Å². The molecule has 2 saturated heterocycles. The molecular formula is C21H25ClN6O. The minimum Gasteiger partial charge on any atom is -0.341 e. The molecule has 0 N–H and O–H groups in total. The Morgan fingerprint density at radius 2 is 1.93 bits per heavy atom. The quantitative estimate of drug-likeness (QED) is 0.757. The molecule has 1 saturated carbocycles. The first kappa shape index (κ1) is 17.7. The fourth-order valence-electron chi connectivity index (χ4n) is 5.29. The molecule has 7 nitrogen and oxygen atoms in total. The lowest BCUT2D eigenvalue weighted by atomic mass is 9.71. The lowest BCUT2D eigenvalue weighted by Crippen LogP contribution is -2.74. The number of carbonyl (C=O) groups excluding carboxylic acids is 1. The van der Waals surface area contributed by atoms with Gasteiger partial charge in [0.2, 0.25) is 11.9 Å². The van der Waals surface area contributed by atoms with E-state index in [1.807, 2.05) is 12.1 Å². The van der Waals surface area contributed by atoms with Crippen molar-refractivity contribution in [3.05, 3.63) is 34.6 Å². The summed E-state index contributed by atoms with van der Waals surface area (Å²) >= 11 is 6.26. The first-order chi connectivity index (χ1) is 14.0. The van der Waals surface area contributed by atoms with E-state index in [4.69, 9.17) is 11.6 Å². The zero-order valence-electron chi connectivity index (χ0n) is 16.6. The molecule has 0 bridgehead atoms. The van der Waals surface area contributed by atoms with Crippen molar-refractivity contribution in [2.75, 3.05) is 38.1 Å². The zero-order chi connectivity index (χ0) is 19.8. The Morgan fingerprint density at radius 1 is 1.14 bits per heavy atom. The molecule has 1 aromatic carbocycles. The van der Waals surface area contributed by atoms with Gasteiger partial charge in [0, 0.05) is 49.1 Å². The monoisotopic (exact) mass is 412 g/mol. The number of carbonyl (C=O) groups is 1. The van der Waals surface area contributed by atoms with Crippen LogP contribution < -0.4 is 4.90 Å². The van der Waals surface area contributed by atoms with Crippen LogP contribution in [-0.2, 0) is 17.9 Å². The zero-order valence-corrected chi connectivity index (χ0v) is 17.4. The third kappa shape index (κ3) is 2.70. The third-order valence-corrected chi connectivity index (χ3v) is 7.24. The van der Waals surface area contributed by atoms with Crippen molar-refractivity contribution < 1.29 is 4.79 Å². The highest BCUT2D eigenvalue weighted by Crippen LogP contribution is 2.44. The van der Waals surface area contributed by atoms with Gasteiger partial charge in [-0.15, -0.1) is 10.2 Å². The van der Waals surface area contributed by atoms with Crippen molar-refractivity contribution in [2.45, 2.75) is 32.4 Å². The topological polar surface area (TPSA) is 57.5 Å². The molecule has 0 radical (unpaired) electrons. The summed E-state index contributed by atoms with van der Waals surface area (Å²) in [4.78, 5) is 19.1. The average Bonchev–Trinajstić information content (AvgIpc) is 2.88. The van der Waals surface area contributed by atoms with Gasteiger partial charge in [-0.1, -0.05) is 18.0 Å². The highest BCUT2D eigenvalue weighted by Gasteiger charge is 2.55. The number of hydrogen-bond acceptors (Lipinski definition) is 5. The molecule has 6 rings (SSSR count). The Morgan fingerprint density at radius 3 is 2.66 bits per heavy atom. The second-order valence-corrected chi connectivity index (χ2v) is 9.81. The third-order valence-electron chi connectivity index (χ3n) is 7.00. The fraction of sp³-hybridized carbons (Fsp3) is 0.571. The molecule has 0 unspecified atom stereocenters. The van der Waals surface area contributed by atoms with Gasteiger partial charge in [-0.3, -0.25) is 14.3 Å². The van der Waals surface area contributed by atoms with E-state index in [-0.39, 0.29) is 5.41 Å². The van der Waals surface area contributed by atoms with E-state index in [9.17, 15) is 4.79 Å². The van der Waals surface area contributed by atoms with Crippen LogP contribution in [0.15, 0.2) is 18.2 Å². The number of fused-ring (bicyclic) bond motifs is 3. The maximum absolute atomic E-state index is 12.4. The van der Waals surface area contributed by atoms with Crippen molar-refractivity contribution in [2.24, 2.45) is 11.3 Å². The number of likely N-dealkylation sites (tertiary alicyclic amines) is 1. The van der Waals surface area contributed by atoms with Gasteiger partial charge in [0.15, 0.2) is 5.82 Å². The molecule has 1 aliphatic carbocycles. The standard InChI is InChI=1S/C21H25ClN6O/c1-25-8-15-7-16(22)5-6-17(15)28-18(9-25)23-24-20(28)27-12-21(13-27)10-26(11-21)19(29)14-3-2-4-14/h5-7,14H,2-4,8-13H2,1H3. The molecule has 152 valence electrons. The van der Waals surface area contributed by atoms with Gasteiger partial charge in [-0.25, -0.2) is 0 Å². The van der Waals surface area contributed by atoms with Crippen LogP contribution >= 0.6 is 11.6 Å². The van der Waals surface area contributed by atoms with Crippen molar-refractivity contribution in [1.82, 2.24) is 24.6 Å². The highest BCUT2D eigenvalue weighted by molar-refractivity contribution is 6.30. The van der Waals surface area contributed by atoms with Crippen LogP contribution in [0, 0.1) is 11.3 Å². The molecule has 1 aromatic heterocycles. The molecule has 8 heteroatoms. The van der Waals surface area contributed by atoms with Crippen LogP contribution in [0.4, 0.5) is 5.95 Å². The fourth-order valence-corrected chi connectivity index (χ4v) is 5.48. The summed E-state index contributed by atoms with van der Waals surface area (Å²) in [6.45, 7) is 5.27. The molecule has 2 aromatic rings. The normalized spacial score (nSPS) is 23.0. The van der Waals surface area contributed by atoms with Gasteiger partial charge >= 0.3 is 0 Å². The summed E-state index contributed by atoms with van der Waals surface area (Å²) in [6.07, 6.45) is 3.37. The van der Waals surface area contributed by atoms with Gasteiger partial charge in [0.25, 0.3) is 0 Å². The number of amides is 1. The van der Waals surface area contributed by atoms with Crippen LogP contribution in [0.1, 0.15) is 30.7 Å². The van der Waals surface area contributed by atoms with E-state index in [0.717, 1.165) is 74.6 Å². The Kier molecular flexibility index (Phi) is 3.78. The highest BCUT2D eigenvalue weighted by atomic mass is 35.5. The summed E-state index contributed by atoms with van der Waals surface area (Å²) in [5.41, 5.74) is 2.55. The maximum Gasteiger partial charge on any atom is 0.231 e. The molecule has 1 spiro atoms. The minimum absolute atomic E-state index is 0.246. The number of halogens is 1. The van der Waals surface area contributed by atoms with Gasteiger partial charge in [0.1, 0.15) is 0 Å². The van der Waals surface area contributed by atoms with E-state index >= 15 is 0 Å². The van der Waals surface area contributed by atoms with Gasteiger partial charge in [-0.2, -0.15) is 0 Å². The van der Waals surface area contributed by atoms with E-state index in [2.05, 4.69) is 42.6 Å². The van der Waals surface area contributed by atoms with E-state index < -0.39 is 0 Å². The maximum atomic E-state index is 12.4. The molecule has 3 aliphatic heterocycles. The minimum atomic E-state index is 0.246. The number of rotatable bonds is 2. The Bertz CT molecular complexity index is 985. The summed E-state index contributed by atoms with van der Waals surface area (Å²) in [5.74, 6) is 2.55.